The van der Waals surface area contributed by atoms with Crippen LogP contribution in [0.25, 0.3) is 0 Å². The van der Waals surface area contributed by atoms with Crippen LogP contribution in [0.3, 0.4) is 0 Å². The summed E-state index contributed by atoms with van der Waals surface area (Å²) in [4.78, 5) is 0. The minimum Gasteiger partial charge on any atom is -0.496 e. The van der Waals surface area contributed by atoms with Crippen molar-refractivity contribution in [3.05, 3.63) is 29.3 Å². The van der Waals surface area contributed by atoms with Crippen LogP contribution in [-0.4, -0.2) is 19.0 Å². The van der Waals surface area contributed by atoms with Gasteiger partial charge in [0.1, 0.15) is 5.75 Å². The number of ether oxygens (including phenoxy) is 1. The fourth-order valence-corrected chi connectivity index (χ4v) is 3.03. The van der Waals surface area contributed by atoms with Crippen molar-refractivity contribution < 1.29 is 4.74 Å². The molecule has 0 saturated heterocycles. The first-order chi connectivity index (χ1) is 9.19. The number of halogens is 1. The summed E-state index contributed by atoms with van der Waals surface area (Å²) in [7, 11) is 1.73. The third-order valence-electron chi connectivity index (χ3n) is 3.96. The summed E-state index contributed by atoms with van der Waals surface area (Å²) in [5.74, 6) is 1.76. The Morgan fingerprint density at radius 3 is 2.68 bits per heavy atom. The van der Waals surface area contributed by atoms with Crippen LogP contribution in [0, 0.1) is 12.8 Å². The molecule has 1 fully saturated rings. The molecule has 0 aromatic heterocycles. The van der Waals surface area contributed by atoms with Crippen molar-refractivity contribution in [1.29, 1.82) is 0 Å². The third-order valence-corrected chi connectivity index (χ3v) is 4.40. The van der Waals surface area contributed by atoms with E-state index in [9.17, 15) is 0 Å². The Labute approximate surface area is 121 Å². The molecular weight excluding hydrogens is 258 g/mol. The molecule has 0 atom stereocenters. The van der Waals surface area contributed by atoms with Crippen molar-refractivity contribution in [1.82, 2.24) is 5.32 Å². The third kappa shape index (κ3) is 4.39. The largest absolute Gasteiger partial charge is 0.496 e. The van der Waals surface area contributed by atoms with Gasteiger partial charge >= 0.3 is 0 Å². The summed E-state index contributed by atoms with van der Waals surface area (Å²) in [5.41, 5.74) is 2.52. The molecular formula is C16H24ClNO. The lowest BCUT2D eigenvalue weighted by Gasteiger charge is -2.25. The number of hydrogen-bond acceptors (Lipinski definition) is 2. The normalized spacial score (nSPS) is 23.3. The maximum absolute atomic E-state index is 6.13. The quantitative estimate of drug-likeness (QED) is 0.827. The standard InChI is InChI=1S/C16H24ClNO/c1-12-3-8-16(19-2)14(9-12)11-18-10-13-4-6-15(17)7-5-13/h3,8-9,13,15,18H,4-7,10-11H2,1-2H3. The number of benzene rings is 1. The van der Waals surface area contributed by atoms with E-state index < -0.39 is 0 Å². The van der Waals surface area contributed by atoms with Gasteiger partial charge in [0.25, 0.3) is 0 Å². The molecule has 1 N–H and O–H groups in total. The van der Waals surface area contributed by atoms with Crippen molar-refractivity contribution in [3.63, 3.8) is 0 Å². The van der Waals surface area contributed by atoms with Crippen LogP contribution in [0.1, 0.15) is 36.8 Å². The number of hydrogen-bond donors (Lipinski definition) is 1. The lowest BCUT2D eigenvalue weighted by atomic mass is 9.89. The molecule has 1 aromatic rings. The smallest absolute Gasteiger partial charge is 0.123 e. The van der Waals surface area contributed by atoms with E-state index in [-0.39, 0.29) is 0 Å². The van der Waals surface area contributed by atoms with Gasteiger partial charge in [-0.15, -0.1) is 11.6 Å². The zero-order valence-electron chi connectivity index (χ0n) is 11.9. The second-order valence-corrected chi connectivity index (χ2v) is 6.18. The Kier molecular flexibility index (Phi) is 5.53. The first kappa shape index (κ1) is 14.7. The molecule has 0 heterocycles. The first-order valence-corrected chi connectivity index (χ1v) is 7.61. The molecule has 1 saturated carbocycles. The molecule has 1 aromatic carbocycles. The number of nitrogens with one attached hydrogen (secondary N) is 1. The molecule has 0 aliphatic heterocycles. The highest BCUT2D eigenvalue weighted by atomic mass is 35.5. The average Bonchev–Trinajstić information content (AvgIpc) is 2.41. The second kappa shape index (κ2) is 7.16. The van der Waals surface area contributed by atoms with Crippen molar-refractivity contribution in [3.8, 4) is 5.75 Å². The topological polar surface area (TPSA) is 21.3 Å². The summed E-state index contributed by atoms with van der Waals surface area (Å²) in [6.45, 7) is 4.08. The van der Waals surface area contributed by atoms with Crippen LogP contribution in [-0.2, 0) is 6.54 Å². The lowest BCUT2D eigenvalue weighted by molar-refractivity contribution is 0.344. The van der Waals surface area contributed by atoms with E-state index in [2.05, 4.69) is 24.4 Å². The second-order valence-electron chi connectivity index (χ2n) is 5.56. The summed E-state index contributed by atoms with van der Waals surface area (Å²) in [6, 6.07) is 6.33. The van der Waals surface area contributed by atoms with E-state index >= 15 is 0 Å². The monoisotopic (exact) mass is 281 g/mol. The van der Waals surface area contributed by atoms with Crippen molar-refractivity contribution in [2.24, 2.45) is 5.92 Å². The number of methoxy groups -OCH3 is 1. The van der Waals surface area contributed by atoms with Crippen LogP contribution >= 0.6 is 11.6 Å². The van der Waals surface area contributed by atoms with Gasteiger partial charge in [0.15, 0.2) is 0 Å². The van der Waals surface area contributed by atoms with Gasteiger partial charge < -0.3 is 10.1 Å². The minimum absolute atomic E-state index is 0.410. The molecule has 0 spiro atoms. The predicted molar refractivity (Wildman–Crippen MR) is 81.0 cm³/mol. The number of rotatable bonds is 5. The van der Waals surface area contributed by atoms with Gasteiger partial charge in [0, 0.05) is 17.5 Å². The molecule has 0 amide bonds. The van der Waals surface area contributed by atoms with Crippen LogP contribution < -0.4 is 10.1 Å². The first-order valence-electron chi connectivity index (χ1n) is 7.17. The number of alkyl halides is 1. The summed E-state index contributed by atoms with van der Waals surface area (Å²) in [5, 5.41) is 3.98. The van der Waals surface area contributed by atoms with Gasteiger partial charge in [-0.25, -0.2) is 0 Å². The fraction of sp³-hybridized carbons (Fsp3) is 0.625. The van der Waals surface area contributed by atoms with Crippen LogP contribution in [0.4, 0.5) is 0 Å². The SMILES string of the molecule is COc1ccc(C)cc1CNCC1CCC(Cl)CC1. The molecule has 2 nitrogen and oxygen atoms in total. The highest BCUT2D eigenvalue weighted by Crippen LogP contribution is 2.27. The van der Waals surface area contributed by atoms with Crippen molar-refractivity contribution in [2.45, 2.75) is 44.5 Å². The average molecular weight is 282 g/mol. The van der Waals surface area contributed by atoms with Gasteiger partial charge in [-0.05, 0) is 51.1 Å². The maximum atomic E-state index is 6.13. The predicted octanol–water partition coefficient (Wildman–Crippen LogP) is 3.89. The van der Waals surface area contributed by atoms with E-state index in [1.807, 2.05) is 6.07 Å². The van der Waals surface area contributed by atoms with Gasteiger partial charge in [-0.1, -0.05) is 17.7 Å². The van der Waals surface area contributed by atoms with Gasteiger partial charge in [0.05, 0.1) is 7.11 Å². The zero-order valence-corrected chi connectivity index (χ0v) is 12.7. The number of aryl methyl sites for hydroxylation is 1. The van der Waals surface area contributed by atoms with Gasteiger partial charge in [-0.3, -0.25) is 0 Å². The van der Waals surface area contributed by atoms with Gasteiger partial charge in [-0.2, -0.15) is 0 Å². The summed E-state index contributed by atoms with van der Waals surface area (Å²) < 4.78 is 5.40. The summed E-state index contributed by atoms with van der Waals surface area (Å²) >= 11 is 6.13. The molecule has 0 bridgehead atoms. The van der Waals surface area contributed by atoms with Crippen LogP contribution in [0.15, 0.2) is 18.2 Å². The zero-order chi connectivity index (χ0) is 13.7. The minimum atomic E-state index is 0.410. The molecule has 0 radical (unpaired) electrons. The fourth-order valence-electron chi connectivity index (χ4n) is 2.78. The Balaban J connectivity index is 1.80. The van der Waals surface area contributed by atoms with E-state index in [4.69, 9.17) is 16.3 Å². The van der Waals surface area contributed by atoms with E-state index in [1.165, 1.54) is 36.8 Å². The Morgan fingerprint density at radius 2 is 2.00 bits per heavy atom. The Hall–Kier alpha value is -0.730. The Bertz CT molecular complexity index is 400. The molecule has 0 unspecified atom stereocenters. The van der Waals surface area contributed by atoms with E-state index in [0.717, 1.165) is 24.8 Å². The maximum Gasteiger partial charge on any atom is 0.123 e. The summed E-state index contributed by atoms with van der Waals surface area (Å²) in [6.07, 6.45) is 4.85. The van der Waals surface area contributed by atoms with Gasteiger partial charge in [0.2, 0.25) is 0 Å². The Morgan fingerprint density at radius 1 is 1.26 bits per heavy atom. The van der Waals surface area contributed by atoms with Crippen LogP contribution in [0.2, 0.25) is 0 Å². The molecule has 3 heteroatoms. The highest BCUT2D eigenvalue weighted by molar-refractivity contribution is 6.20. The molecule has 1 aliphatic rings. The molecule has 2 rings (SSSR count). The van der Waals surface area contributed by atoms with Crippen molar-refractivity contribution in [2.75, 3.05) is 13.7 Å². The molecule has 106 valence electrons. The molecule has 19 heavy (non-hydrogen) atoms. The highest BCUT2D eigenvalue weighted by Gasteiger charge is 2.18. The van der Waals surface area contributed by atoms with Crippen molar-refractivity contribution >= 4 is 11.6 Å². The van der Waals surface area contributed by atoms with Crippen LogP contribution in [0.5, 0.6) is 5.75 Å². The van der Waals surface area contributed by atoms with E-state index in [0.29, 0.717) is 5.38 Å². The molecule has 1 aliphatic carbocycles. The van der Waals surface area contributed by atoms with E-state index in [1.54, 1.807) is 7.11 Å². The lowest BCUT2D eigenvalue weighted by Crippen LogP contribution is -2.26.